The predicted octanol–water partition coefficient (Wildman–Crippen LogP) is 2.65. The van der Waals surface area contributed by atoms with Crippen molar-refractivity contribution in [1.29, 1.82) is 0 Å². The third-order valence-electron chi connectivity index (χ3n) is 2.16. The summed E-state index contributed by atoms with van der Waals surface area (Å²) in [7, 11) is 2.64. The SMILES string of the molecule is COC(=O)NC(OC)C(Cl)(Cl)c1ccccc1. The highest BCUT2D eigenvalue weighted by molar-refractivity contribution is 6.48. The Kier molecular flexibility index (Phi) is 5.05. The Morgan fingerprint density at radius 2 is 1.88 bits per heavy atom. The molecule has 0 fully saturated rings. The Bertz CT molecular complexity index is 370. The van der Waals surface area contributed by atoms with Crippen molar-refractivity contribution in [2.24, 2.45) is 0 Å². The maximum atomic E-state index is 11.1. The molecule has 1 aromatic carbocycles. The van der Waals surface area contributed by atoms with Crippen molar-refractivity contribution in [2.45, 2.75) is 10.6 Å². The number of rotatable bonds is 4. The molecule has 0 aliphatic carbocycles. The Morgan fingerprint density at radius 1 is 1.29 bits per heavy atom. The largest absolute Gasteiger partial charge is 0.453 e. The third kappa shape index (κ3) is 3.49. The number of hydrogen-bond donors (Lipinski definition) is 1. The number of carbonyl (C=O) groups excluding carboxylic acids is 1. The van der Waals surface area contributed by atoms with Crippen LogP contribution in [-0.4, -0.2) is 26.5 Å². The maximum absolute atomic E-state index is 11.1. The van der Waals surface area contributed by atoms with Crippen molar-refractivity contribution in [2.75, 3.05) is 14.2 Å². The molecule has 0 aliphatic heterocycles. The molecule has 0 spiro atoms. The molecule has 0 aromatic heterocycles. The number of amides is 1. The van der Waals surface area contributed by atoms with Gasteiger partial charge in [0.15, 0.2) is 10.6 Å². The number of alkyl carbamates (subject to hydrolysis) is 1. The highest BCUT2D eigenvalue weighted by Gasteiger charge is 2.38. The zero-order valence-corrected chi connectivity index (χ0v) is 11.0. The van der Waals surface area contributed by atoms with Crippen LogP contribution in [0.5, 0.6) is 0 Å². The average Bonchev–Trinajstić information content (AvgIpc) is 2.36. The Labute approximate surface area is 110 Å². The van der Waals surface area contributed by atoms with E-state index < -0.39 is 16.7 Å². The lowest BCUT2D eigenvalue weighted by Gasteiger charge is -2.29. The normalized spacial score (nSPS) is 12.9. The topological polar surface area (TPSA) is 47.6 Å². The van der Waals surface area contributed by atoms with Crippen LogP contribution < -0.4 is 5.32 Å². The van der Waals surface area contributed by atoms with Crippen molar-refractivity contribution in [3.05, 3.63) is 35.9 Å². The Balaban J connectivity index is 2.90. The second-order valence-electron chi connectivity index (χ2n) is 3.24. The van der Waals surface area contributed by atoms with Gasteiger partial charge in [-0.15, -0.1) is 0 Å². The minimum absolute atomic E-state index is 0.617. The lowest BCUT2D eigenvalue weighted by atomic mass is 10.1. The highest BCUT2D eigenvalue weighted by atomic mass is 35.5. The van der Waals surface area contributed by atoms with Crippen molar-refractivity contribution < 1.29 is 14.3 Å². The average molecular weight is 278 g/mol. The Hall–Kier alpha value is -0.970. The van der Waals surface area contributed by atoms with Crippen molar-refractivity contribution >= 4 is 29.3 Å². The van der Waals surface area contributed by atoms with Crippen LogP contribution in [0.1, 0.15) is 5.56 Å². The summed E-state index contributed by atoms with van der Waals surface area (Å²) >= 11 is 12.4. The molecule has 0 saturated heterocycles. The van der Waals surface area contributed by atoms with Crippen LogP contribution in [0, 0.1) is 0 Å². The fourth-order valence-corrected chi connectivity index (χ4v) is 1.81. The molecule has 0 bridgehead atoms. The fraction of sp³-hybridized carbons (Fsp3) is 0.364. The predicted molar refractivity (Wildman–Crippen MR) is 66.2 cm³/mol. The van der Waals surface area contributed by atoms with E-state index >= 15 is 0 Å². The molecule has 0 heterocycles. The first-order chi connectivity index (χ1) is 8.02. The smallest absolute Gasteiger partial charge is 0.408 e. The standard InChI is InChI=1S/C11H13Cl2NO3/c1-16-9(14-10(15)17-2)11(12,13)8-6-4-3-5-7-8/h3-7,9H,1-2H3,(H,14,15). The number of benzene rings is 1. The van der Waals surface area contributed by atoms with E-state index in [4.69, 9.17) is 27.9 Å². The lowest BCUT2D eigenvalue weighted by molar-refractivity contribution is 0.0548. The molecule has 17 heavy (non-hydrogen) atoms. The monoisotopic (exact) mass is 277 g/mol. The number of ether oxygens (including phenoxy) is 2. The van der Waals surface area contributed by atoms with Crippen molar-refractivity contribution in [1.82, 2.24) is 5.32 Å². The highest BCUT2D eigenvalue weighted by Crippen LogP contribution is 2.37. The molecule has 0 aliphatic rings. The van der Waals surface area contributed by atoms with Gasteiger partial charge in [-0.05, 0) is 5.56 Å². The van der Waals surface area contributed by atoms with Gasteiger partial charge < -0.3 is 9.47 Å². The summed E-state index contributed by atoms with van der Waals surface area (Å²) in [6, 6.07) is 8.90. The van der Waals surface area contributed by atoms with E-state index in [-0.39, 0.29) is 0 Å². The van der Waals surface area contributed by atoms with E-state index in [2.05, 4.69) is 10.1 Å². The molecule has 4 nitrogen and oxygen atoms in total. The molecule has 1 N–H and O–H groups in total. The summed E-state index contributed by atoms with van der Waals surface area (Å²) in [5, 5.41) is 2.41. The van der Waals surface area contributed by atoms with Crippen LogP contribution in [0.3, 0.4) is 0 Å². The minimum Gasteiger partial charge on any atom is -0.453 e. The molecular weight excluding hydrogens is 265 g/mol. The zero-order valence-electron chi connectivity index (χ0n) is 9.44. The van der Waals surface area contributed by atoms with Gasteiger partial charge in [0, 0.05) is 7.11 Å². The van der Waals surface area contributed by atoms with Crippen molar-refractivity contribution in [3.8, 4) is 0 Å². The molecule has 1 rings (SSSR count). The van der Waals surface area contributed by atoms with E-state index in [1.165, 1.54) is 14.2 Å². The van der Waals surface area contributed by atoms with E-state index in [9.17, 15) is 4.79 Å². The third-order valence-corrected chi connectivity index (χ3v) is 2.99. The minimum atomic E-state index is -1.40. The van der Waals surface area contributed by atoms with Gasteiger partial charge in [-0.25, -0.2) is 4.79 Å². The summed E-state index contributed by atoms with van der Waals surface area (Å²) in [5.41, 5.74) is 0.617. The summed E-state index contributed by atoms with van der Waals surface area (Å²) in [5.74, 6) is 0. The van der Waals surface area contributed by atoms with Crippen LogP contribution in [0.4, 0.5) is 4.79 Å². The van der Waals surface area contributed by atoms with Gasteiger partial charge >= 0.3 is 6.09 Å². The first-order valence-corrected chi connectivity index (χ1v) is 5.58. The maximum Gasteiger partial charge on any atom is 0.408 e. The number of alkyl halides is 2. The molecule has 1 atom stereocenters. The van der Waals surface area contributed by atoms with Gasteiger partial charge in [0.2, 0.25) is 0 Å². The number of methoxy groups -OCH3 is 2. The number of halogens is 2. The molecular formula is C11H13Cl2NO3. The van der Waals surface area contributed by atoms with E-state index in [0.717, 1.165) is 0 Å². The molecule has 6 heteroatoms. The first kappa shape index (κ1) is 14.1. The lowest BCUT2D eigenvalue weighted by Crippen LogP contribution is -2.46. The van der Waals surface area contributed by atoms with E-state index in [1.807, 2.05) is 6.07 Å². The number of hydrogen-bond acceptors (Lipinski definition) is 3. The van der Waals surface area contributed by atoms with Gasteiger partial charge in [0.1, 0.15) is 0 Å². The van der Waals surface area contributed by atoms with Gasteiger partial charge in [0.25, 0.3) is 0 Å². The van der Waals surface area contributed by atoms with Crippen LogP contribution in [0.2, 0.25) is 0 Å². The van der Waals surface area contributed by atoms with E-state index in [1.54, 1.807) is 24.3 Å². The molecule has 0 radical (unpaired) electrons. The Morgan fingerprint density at radius 3 is 2.35 bits per heavy atom. The summed E-state index contributed by atoms with van der Waals surface area (Å²) < 4.78 is 8.13. The van der Waals surface area contributed by atoms with Crippen LogP contribution in [0.15, 0.2) is 30.3 Å². The molecule has 1 aromatic rings. The molecule has 1 amide bonds. The number of carbonyl (C=O) groups is 1. The first-order valence-electron chi connectivity index (χ1n) is 4.83. The summed E-state index contributed by atoms with van der Waals surface area (Å²) in [6.07, 6.45) is -1.58. The second kappa shape index (κ2) is 6.10. The quantitative estimate of drug-likeness (QED) is 0.680. The van der Waals surface area contributed by atoms with Crippen LogP contribution in [-0.2, 0) is 13.8 Å². The number of nitrogens with one attached hydrogen (secondary N) is 1. The van der Waals surface area contributed by atoms with Crippen molar-refractivity contribution in [3.63, 3.8) is 0 Å². The molecule has 94 valence electrons. The second-order valence-corrected chi connectivity index (χ2v) is 4.63. The fourth-order valence-electron chi connectivity index (χ4n) is 1.28. The zero-order chi connectivity index (χ0) is 12.9. The molecule has 0 saturated carbocycles. The van der Waals surface area contributed by atoms with Crippen LogP contribution >= 0.6 is 23.2 Å². The van der Waals surface area contributed by atoms with Gasteiger partial charge in [0.05, 0.1) is 7.11 Å². The van der Waals surface area contributed by atoms with Crippen LogP contribution in [0.25, 0.3) is 0 Å². The summed E-state index contributed by atoms with van der Waals surface area (Å²) in [4.78, 5) is 11.1. The van der Waals surface area contributed by atoms with Gasteiger partial charge in [-0.2, -0.15) is 0 Å². The van der Waals surface area contributed by atoms with E-state index in [0.29, 0.717) is 5.56 Å². The van der Waals surface area contributed by atoms with Gasteiger partial charge in [-0.1, -0.05) is 53.5 Å². The molecule has 1 unspecified atom stereocenters. The van der Waals surface area contributed by atoms with Gasteiger partial charge in [-0.3, -0.25) is 5.32 Å². The summed E-state index contributed by atoms with van der Waals surface area (Å²) in [6.45, 7) is 0.